The number of rotatable bonds is 2. The molecule has 3 unspecified atom stereocenters. The lowest BCUT2D eigenvalue weighted by Crippen LogP contribution is -2.45. The van der Waals surface area contributed by atoms with Crippen molar-refractivity contribution in [3.63, 3.8) is 0 Å². The molecule has 1 spiro atoms. The fourth-order valence-corrected chi connectivity index (χ4v) is 5.96. The van der Waals surface area contributed by atoms with Crippen molar-refractivity contribution in [2.24, 2.45) is 17.8 Å². The third-order valence-electron chi connectivity index (χ3n) is 7.20. The molecule has 0 radical (unpaired) electrons. The van der Waals surface area contributed by atoms with Crippen molar-refractivity contribution in [1.82, 2.24) is 4.90 Å². The molecule has 4 aliphatic rings. The summed E-state index contributed by atoms with van der Waals surface area (Å²) in [4.78, 5) is 2.75. The Morgan fingerprint density at radius 2 is 2.12 bits per heavy atom. The zero-order valence-electron chi connectivity index (χ0n) is 14.3. The number of anilines is 1. The van der Waals surface area contributed by atoms with E-state index in [-0.39, 0.29) is 1.43 Å². The van der Waals surface area contributed by atoms with Crippen molar-refractivity contribution >= 4 is 17.3 Å². The van der Waals surface area contributed by atoms with Gasteiger partial charge in [-0.25, -0.2) is 0 Å². The minimum Gasteiger partial charge on any atom is -0.384 e. The molecule has 1 aromatic carbocycles. The number of hydrogen-bond donors (Lipinski definition) is 1. The Bertz CT molecular complexity index is 666. The highest BCUT2D eigenvalue weighted by atomic mass is 35.5. The van der Waals surface area contributed by atoms with Crippen molar-refractivity contribution in [1.29, 1.82) is 0 Å². The summed E-state index contributed by atoms with van der Waals surface area (Å²) in [6, 6.07) is 6.37. The third-order valence-corrected chi connectivity index (χ3v) is 7.44. The fourth-order valence-electron chi connectivity index (χ4n) is 5.78. The highest BCUT2D eigenvalue weighted by Gasteiger charge is 2.42. The summed E-state index contributed by atoms with van der Waals surface area (Å²) < 4.78 is 0. The predicted molar refractivity (Wildman–Crippen MR) is 103 cm³/mol. The van der Waals surface area contributed by atoms with Crippen LogP contribution in [0.15, 0.2) is 30.4 Å². The summed E-state index contributed by atoms with van der Waals surface area (Å²) in [7, 11) is 0. The van der Waals surface area contributed by atoms with E-state index in [1.807, 2.05) is 6.07 Å². The molecule has 24 heavy (non-hydrogen) atoms. The highest BCUT2D eigenvalue weighted by Crippen LogP contribution is 2.46. The molecule has 1 N–H and O–H groups in total. The van der Waals surface area contributed by atoms with Crippen molar-refractivity contribution in [2.75, 3.05) is 31.5 Å². The van der Waals surface area contributed by atoms with Crippen LogP contribution in [0.3, 0.4) is 0 Å². The number of nitrogens with one attached hydrogen (secondary N) is 1. The van der Waals surface area contributed by atoms with Crippen molar-refractivity contribution in [3.05, 3.63) is 40.9 Å². The van der Waals surface area contributed by atoms with E-state index < -0.39 is 0 Å². The molecule has 1 aromatic rings. The van der Waals surface area contributed by atoms with Crippen LogP contribution in [0, 0.1) is 17.8 Å². The fraction of sp³-hybridized carbons (Fsp3) is 0.619. The molecular weight excluding hydrogens is 316 g/mol. The van der Waals surface area contributed by atoms with Crippen LogP contribution < -0.4 is 5.32 Å². The first-order valence-electron chi connectivity index (χ1n) is 9.65. The van der Waals surface area contributed by atoms with Crippen LogP contribution in [0.2, 0.25) is 5.02 Å². The smallest absolute Gasteiger partial charge is 0.0410 e. The molecule has 0 amide bonds. The average molecular weight is 345 g/mol. The molecule has 3 heteroatoms. The van der Waals surface area contributed by atoms with E-state index in [4.69, 9.17) is 11.6 Å². The van der Waals surface area contributed by atoms with Crippen LogP contribution in [0.1, 0.15) is 39.1 Å². The first kappa shape index (κ1) is 15.3. The Balaban J connectivity index is 0.00000157. The van der Waals surface area contributed by atoms with Crippen LogP contribution >= 0.6 is 11.6 Å². The van der Waals surface area contributed by atoms with Gasteiger partial charge in [-0.05, 0) is 86.7 Å². The minimum atomic E-state index is 0. The molecule has 130 valence electrons. The van der Waals surface area contributed by atoms with Gasteiger partial charge in [-0.3, -0.25) is 0 Å². The number of halogens is 1. The Morgan fingerprint density at radius 1 is 1.25 bits per heavy atom. The van der Waals surface area contributed by atoms with E-state index in [1.54, 1.807) is 0 Å². The topological polar surface area (TPSA) is 15.3 Å². The lowest BCUT2D eigenvalue weighted by molar-refractivity contribution is 0.136. The molecule has 3 atom stereocenters. The normalized spacial score (nSPS) is 33.6. The second-order valence-corrected chi connectivity index (χ2v) is 8.98. The molecule has 1 saturated carbocycles. The summed E-state index contributed by atoms with van der Waals surface area (Å²) in [5.74, 6) is 2.78. The maximum absolute atomic E-state index is 6.28. The van der Waals surface area contributed by atoms with Gasteiger partial charge in [0.2, 0.25) is 0 Å². The number of hydrogen-bond acceptors (Lipinski definition) is 2. The van der Waals surface area contributed by atoms with Crippen molar-refractivity contribution in [2.45, 2.75) is 37.5 Å². The molecule has 2 aliphatic carbocycles. The van der Waals surface area contributed by atoms with E-state index >= 15 is 0 Å². The minimum absolute atomic E-state index is 0. The summed E-state index contributed by atoms with van der Waals surface area (Å²) in [5, 5.41) is 4.50. The molecule has 1 saturated heterocycles. The first-order valence-corrected chi connectivity index (χ1v) is 10.0. The van der Waals surface area contributed by atoms with Crippen molar-refractivity contribution < 1.29 is 1.43 Å². The van der Waals surface area contributed by atoms with Crippen LogP contribution in [-0.4, -0.2) is 31.1 Å². The van der Waals surface area contributed by atoms with Crippen LogP contribution in [0.5, 0.6) is 0 Å². The quantitative estimate of drug-likeness (QED) is 0.764. The maximum atomic E-state index is 6.28. The van der Waals surface area contributed by atoms with Gasteiger partial charge in [0, 0.05) is 30.6 Å². The van der Waals surface area contributed by atoms with E-state index in [2.05, 4.69) is 34.5 Å². The number of allylic oxidation sites excluding steroid dienone is 2. The van der Waals surface area contributed by atoms with Gasteiger partial charge in [0.1, 0.15) is 0 Å². The molecular formula is C21H29ClN2. The maximum Gasteiger partial charge on any atom is 0.0410 e. The lowest BCUT2D eigenvalue weighted by Gasteiger charge is -2.40. The van der Waals surface area contributed by atoms with E-state index in [9.17, 15) is 0 Å². The van der Waals surface area contributed by atoms with E-state index in [0.717, 1.165) is 29.3 Å². The number of benzene rings is 1. The van der Waals surface area contributed by atoms with Crippen LogP contribution in [0.25, 0.3) is 0 Å². The molecule has 2 nitrogen and oxygen atoms in total. The number of nitrogens with zero attached hydrogens (tertiary/aromatic N) is 1. The van der Waals surface area contributed by atoms with Gasteiger partial charge in [0.25, 0.3) is 0 Å². The van der Waals surface area contributed by atoms with Crippen LogP contribution in [-0.2, 0) is 5.41 Å². The summed E-state index contributed by atoms with van der Waals surface area (Å²) in [6.07, 6.45) is 11.7. The van der Waals surface area contributed by atoms with Gasteiger partial charge >= 0.3 is 0 Å². The highest BCUT2D eigenvalue weighted by molar-refractivity contribution is 6.30. The van der Waals surface area contributed by atoms with Gasteiger partial charge in [0.15, 0.2) is 0 Å². The third kappa shape index (κ3) is 2.50. The second kappa shape index (κ2) is 5.78. The van der Waals surface area contributed by atoms with Gasteiger partial charge in [-0.1, -0.05) is 23.8 Å². The van der Waals surface area contributed by atoms with E-state index in [0.29, 0.717) is 5.41 Å². The van der Waals surface area contributed by atoms with Crippen molar-refractivity contribution in [3.8, 4) is 0 Å². The Morgan fingerprint density at radius 3 is 2.96 bits per heavy atom. The Kier molecular flexibility index (Phi) is 3.68. The van der Waals surface area contributed by atoms with Gasteiger partial charge in [-0.2, -0.15) is 0 Å². The van der Waals surface area contributed by atoms with Gasteiger partial charge < -0.3 is 10.2 Å². The molecule has 2 bridgehead atoms. The van der Waals surface area contributed by atoms with Gasteiger partial charge in [0.05, 0.1) is 0 Å². The molecule has 2 heterocycles. The summed E-state index contributed by atoms with van der Waals surface area (Å²) >= 11 is 6.28. The number of piperidine rings is 1. The molecule has 0 aromatic heterocycles. The zero-order chi connectivity index (χ0) is 16.1. The first-order chi connectivity index (χ1) is 11.7. The Labute approximate surface area is 151 Å². The molecule has 2 aliphatic heterocycles. The van der Waals surface area contributed by atoms with E-state index in [1.165, 1.54) is 63.0 Å². The molecule has 2 fully saturated rings. The lowest BCUT2D eigenvalue weighted by atomic mass is 9.74. The van der Waals surface area contributed by atoms with Gasteiger partial charge in [-0.15, -0.1) is 0 Å². The predicted octanol–water partition coefficient (Wildman–Crippen LogP) is 4.95. The summed E-state index contributed by atoms with van der Waals surface area (Å²) in [6.45, 7) is 4.91. The molecule has 5 rings (SSSR count). The summed E-state index contributed by atoms with van der Waals surface area (Å²) in [5.41, 5.74) is 3.10. The number of likely N-dealkylation sites (tertiary alicyclic amines) is 1. The average Bonchev–Trinajstić information content (AvgIpc) is 3.08. The van der Waals surface area contributed by atoms with Crippen LogP contribution in [0.4, 0.5) is 5.69 Å². The zero-order valence-corrected chi connectivity index (χ0v) is 15.1. The number of fused-ring (bicyclic) bond motifs is 4. The SMILES string of the molecule is Clc1ccc2c(c1)C1(CCN(CC3CC4C=CCC3C4)CC1)CN2.[HH]. The Hall–Kier alpha value is -0.990. The monoisotopic (exact) mass is 344 g/mol. The standard InChI is InChI=1S/C21H27ClN2.H2/c22-18-4-5-20-19(12-18)21(14-23-20)6-8-24(9-7-21)13-17-11-15-2-1-3-16(17)10-15;/h1-2,4-5,12,15-17,23H,3,6-11,13-14H2;1H. The largest absolute Gasteiger partial charge is 0.384 e. The second-order valence-electron chi connectivity index (χ2n) is 8.54.